The van der Waals surface area contributed by atoms with Crippen LogP contribution in [0.4, 0.5) is 0 Å². The van der Waals surface area contributed by atoms with Gasteiger partial charge in [-0.3, -0.25) is 4.79 Å². The van der Waals surface area contributed by atoms with Gasteiger partial charge in [0, 0.05) is 11.1 Å². The number of hydrogen-bond donors (Lipinski definition) is 0. The second-order valence-corrected chi connectivity index (χ2v) is 2.80. The number of rotatable bonds is 2. The van der Waals surface area contributed by atoms with Crippen molar-refractivity contribution in [1.82, 2.24) is 0 Å². The average Bonchev–Trinajstić information content (AvgIpc) is 2.05. The van der Waals surface area contributed by atoms with Crippen molar-refractivity contribution in [2.24, 2.45) is 0 Å². The molecule has 1 aromatic carbocycles. The maximum absolute atomic E-state index is 11.2. The van der Waals surface area contributed by atoms with Crippen molar-refractivity contribution in [3.63, 3.8) is 0 Å². The summed E-state index contributed by atoms with van der Waals surface area (Å²) in [5.74, 6) is -0.185. The molecule has 0 fully saturated rings. The molecule has 0 aromatic heterocycles. The maximum Gasteiger partial charge on any atom is 0.188 e. The zero-order valence-electron chi connectivity index (χ0n) is 6.13. The molecule has 0 aliphatic heterocycles. The van der Waals surface area contributed by atoms with Crippen LogP contribution < -0.4 is 0 Å². The van der Waals surface area contributed by atoms with Gasteiger partial charge in [0.2, 0.25) is 0 Å². The molecule has 3 heteroatoms. The molecule has 0 atom stereocenters. The summed E-state index contributed by atoms with van der Waals surface area (Å²) in [5, 5.41) is 0.442. The number of carbonyl (C=O) groups excluding carboxylic acids is 1. The van der Waals surface area contributed by atoms with Crippen molar-refractivity contribution in [2.75, 3.05) is 0 Å². The number of allylic oxidation sites excluding steroid dienone is 1. The maximum atomic E-state index is 11.2. The van der Waals surface area contributed by atoms with Crippen LogP contribution in [-0.2, 0) is 0 Å². The number of benzene rings is 1. The van der Waals surface area contributed by atoms with Gasteiger partial charge in [0.1, 0.15) is 0 Å². The van der Waals surface area contributed by atoms with Crippen LogP contribution in [0.2, 0.25) is 5.02 Å². The fourth-order valence-corrected chi connectivity index (χ4v) is 1.15. The van der Waals surface area contributed by atoms with Crippen LogP contribution in [0.1, 0.15) is 10.4 Å². The van der Waals surface area contributed by atoms with Gasteiger partial charge in [0.25, 0.3) is 0 Å². The summed E-state index contributed by atoms with van der Waals surface area (Å²) in [6, 6.07) is 6.84. The largest absolute Gasteiger partial charge is 0.289 e. The molecule has 62 valence electrons. The van der Waals surface area contributed by atoms with Crippen molar-refractivity contribution in [2.45, 2.75) is 0 Å². The molecule has 0 aliphatic rings. The minimum absolute atomic E-state index is 0.185. The first-order valence-corrected chi connectivity index (χ1v) is 4.13. The van der Waals surface area contributed by atoms with E-state index in [9.17, 15) is 4.79 Å². The van der Waals surface area contributed by atoms with Crippen molar-refractivity contribution in [3.05, 3.63) is 46.5 Å². The number of carbonyl (C=O) groups is 1. The van der Waals surface area contributed by atoms with Gasteiger partial charge in [-0.15, -0.1) is 0 Å². The Balaban J connectivity index is 3.03. The van der Waals surface area contributed by atoms with E-state index in [1.165, 1.54) is 11.6 Å². The lowest BCUT2D eigenvalue weighted by Crippen LogP contribution is -1.93. The highest BCUT2D eigenvalue weighted by Crippen LogP contribution is 2.15. The highest BCUT2D eigenvalue weighted by atomic mass is 35.5. The van der Waals surface area contributed by atoms with Crippen LogP contribution in [0.5, 0.6) is 0 Å². The molecule has 0 saturated carbocycles. The Morgan fingerprint density at radius 3 is 2.58 bits per heavy atom. The summed E-state index contributed by atoms with van der Waals surface area (Å²) in [6.45, 7) is 0. The van der Waals surface area contributed by atoms with E-state index in [1.54, 1.807) is 24.3 Å². The van der Waals surface area contributed by atoms with Crippen LogP contribution >= 0.6 is 23.2 Å². The molecule has 0 radical (unpaired) electrons. The van der Waals surface area contributed by atoms with Gasteiger partial charge >= 0.3 is 0 Å². The molecular formula is C9H6Cl2O. The van der Waals surface area contributed by atoms with E-state index in [0.29, 0.717) is 10.6 Å². The Morgan fingerprint density at radius 1 is 1.33 bits per heavy atom. The SMILES string of the molecule is O=C(C=CCl)c1ccccc1Cl. The van der Waals surface area contributed by atoms with Gasteiger partial charge in [-0.2, -0.15) is 0 Å². The molecule has 1 nitrogen and oxygen atoms in total. The highest BCUT2D eigenvalue weighted by molar-refractivity contribution is 6.35. The lowest BCUT2D eigenvalue weighted by atomic mass is 10.1. The topological polar surface area (TPSA) is 17.1 Å². The van der Waals surface area contributed by atoms with Crippen molar-refractivity contribution in [1.29, 1.82) is 0 Å². The van der Waals surface area contributed by atoms with Gasteiger partial charge in [-0.25, -0.2) is 0 Å². The molecule has 0 amide bonds. The summed E-state index contributed by atoms with van der Waals surface area (Å²) in [5.41, 5.74) is 1.64. The zero-order valence-corrected chi connectivity index (χ0v) is 7.64. The monoisotopic (exact) mass is 200 g/mol. The van der Waals surface area contributed by atoms with Gasteiger partial charge < -0.3 is 0 Å². The second kappa shape index (κ2) is 4.29. The second-order valence-electron chi connectivity index (χ2n) is 2.14. The average molecular weight is 201 g/mol. The molecule has 1 rings (SSSR count). The predicted octanol–water partition coefficient (Wildman–Crippen LogP) is 3.28. The van der Waals surface area contributed by atoms with Crippen LogP contribution in [0.3, 0.4) is 0 Å². The molecule has 0 spiro atoms. The Morgan fingerprint density at radius 2 is 2.00 bits per heavy atom. The normalized spacial score (nSPS) is 10.5. The summed E-state index contributed by atoms with van der Waals surface area (Å²) < 4.78 is 0. The van der Waals surface area contributed by atoms with Gasteiger partial charge in [-0.05, 0) is 18.2 Å². The molecule has 0 bridgehead atoms. The van der Waals surface area contributed by atoms with Gasteiger partial charge in [0.15, 0.2) is 5.78 Å². The third-order valence-corrected chi connectivity index (χ3v) is 1.81. The highest BCUT2D eigenvalue weighted by Gasteiger charge is 2.04. The third-order valence-electron chi connectivity index (χ3n) is 1.35. The number of halogens is 2. The Hall–Kier alpha value is -0.790. The van der Waals surface area contributed by atoms with Crippen LogP contribution in [0, 0.1) is 0 Å². The Kier molecular flexibility index (Phi) is 3.32. The summed E-state index contributed by atoms with van der Waals surface area (Å²) in [4.78, 5) is 11.2. The minimum Gasteiger partial charge on any atom is -0.289 e. The molecular weight excluding hydrogens is 195 g/mol. The molecule has 0 N–H and O–H groups in total. The van der Waals surface area contributed by atoms with E-state index < -0.39 is 0 Å². The van der Waals surface area contributed by atoms with E-state index in [2.05, 4.69) is 0 Å². The minimum atomic E-state index is -0.185. The molecule has 0 saturated heterocycles. The smallest absolute Gasteiger partial charge is 0.188 e. The Bertz CT molecular complexity index is 318. The first-order valence-electron chi connectivity index (χ1n) is 3.31. The predicted molar refractivity (Wildman–Crippen MR) is 50.8 cm³/mol. The van der Waals surface area contributed by atoms with Gasteiger partial charge in [-0.1, -0.05) is 35.3 Å². The molecule has 1 aromatic rings. The quantitative estimate of drug-likeness (QED) is 0.530. The summed E-state index contributed by atoms with van der Waals surface area (Å²) >= 11 is 11.0. The Labute approximate surface area is 80.6 Å². The van der Waals surface area contributed by atoms with Crippen LogP contribution in [0.25, 0.3) is 0 Å². The van der Waals surface area contributed by atoms with E-state index in [0.717, 1.165) is 0 Å². The molecule has 0 unspecified atom stereocenters. The molecule has 0 aliphatic carbocycles. The van der Waals surface area contributed by atoms with E-state index in [-0.39, 0.29) is 5.78 Å². The van der Waals surface area contributed by atoms with Crippen LogP contribution in [-0.4, -0.2) is 5.78 Å². The van der Waals surface area contributed by atoms with Crippen LogP contribution in [0.15, 0.2) is 35.9 Å². The van der Waals surface area contributed by atoms with Crippen molar-refractivity contribution in [3.8, 4) is 0 Å². The standard InChI is InChI=1S/C9H6Cl2O/c10-6-5-9(12)7-3-1-2-4-8(7)11/h1-6H. The molecule has 0 heterocycles. The van der Waals surface area contributed by atoms with Crippen molar-refractivity contribution >= 4 is 29.0 Å². The molecule has 12 heavy (non-hydrogen) atoms. The number of ketones is 1. The zero-order chi connectivity index (χ0) is 8.97. The summed E-state index contributed by atoms with van der Waals surface area (Å²) in [6.07, 6.45) is 1.27. The lowest BCUT2D eigenvalue weighted by molar-refractivity contribution is 0.104. The lowest BCUT2D eigenvalue weighted by Gasteiger charge is -1.96. The van der Waals surface area contributed by atoms with E-state index >= 15 is 0 Å². The van der Waals surface area contributed by atoms with E-state index in [1.807, 2.05) is 0 Å². The number of hydrogen-bond acceptors (Lipinski definition) is 1. The summed E-state index contributed by atoms with van der Waals surface area (Å²) in [7, 11) is 0. The third kappa shape index (κ3) is 2.10. The first-order chi connectivity index (χ1) is 5.75. The van der Waals surface area contributed by atoms with Crippen molar-refractivity contribution < 1.29 is 4.79 Å². The fourth-order valence-electron chi connectivity index (χ4n) is 0.808. The first kappa shape index (κ1) is 9.30. The van der Waals surface area contributed by atoms with E-state index in [4.69, 9.17) is 23.2 Å². The van der Waals surface area contributed by atoms with Gasteiger partial charge in [0.05, 0.1) is 5.02 Å². The fraction of sp³-hybridized carbons (Fsp3) is 0.